The molecule has 354 valence electrons. The van der Waals surface area contributed by atoms with Crippen LogP contribution >= 0.6 is 0 Å². The molecule has 2 heterocycles. The number of carbonyl (C=O) groups excluding carboxylic acids is 7. The first kappa shape index (κ1) is 49.6. The summed E-state index contributed by atoms with van der Waals surface area (Å²) >= 11 is 0. The number of alkyl halides is 3. The molecule has 3 aromatic rings. The Morgan fingerprint density at radius 1 is 0.851 bits per heavy atom. The molecule has 67 heavy (non-hydrogen) atoms. The fraction of sp³-hybridized carbons (Fsp3) is 0.392. The van der Waals surface area contributed by atoms with Crippen LogP contribution in [0.5, 0.6) is 0 Å². The van der Waals surface area contributed by atoms with Crippen LogP contribution in [0.3, 0.4) is 0 Å². The SMILES string of the molecule is CC(=O)C1=CC=C(c2ccc(C[C@@H]3NC(=O)[C@]4(Cc5ccccc5)CCCN(C4)C(=O)/C=C/C(=O)NCC[C@@H](C(=O)N(C)CC(F)(F)F)NC(=O)Cc4ccccc4CNC3=O)cc2)C(C)C1. The van der Waals surface area contributed by atoms with Gasteiger partial charge in [-0.15, -0.1) is 0 Å². The summed E-state index contributed by atoms with van der Waals surface area (Å²) in [5, 5.41) is 11.1. The first-order valence-corrected chi connectivity index (χ1v) is 22.5. The molecule has 2 bridgehead atoms. The van der Waals surface area contributed by atoms with Crippen molar-refractivity contribution in [3.8, 4) is 0 Å². The number of benzene rings is 3. The quantitative estimate of drug-likeness (QED) is 0.248. The van der Waals surface area contributed by atoms with Crippen LogP contribution in [-0.2, 0) is 59.4 Å². The second-order valence-corrected chi connectivity index (χ2v) is 17.7. The Labute approximate surface area is 388 Å². The van der Waals surface area contributed by atoms with Gasteiger partial charge in [0.1, 0.15) is 18.6 Å². The van der Waals surface area contributed by atoms with E-state index in [-0.39, 0.29) is 57.0 Å². The average Bonchev–Trinajstić information content (AvgIpc) is 3.29. The number of Topliss-reactive ketones (excluding diaryl/α,β-unsaturated/α-hetero) is 1. The number of hydrogen-bond acceptors (Lipinski definition) is 7. The fourth-order valence-corrected chi connectivity index (χ4v) is 8.96. The number of halogens is 3. The molecule has 0 saturated carbocycles. The van der Waals surface area contributed by atoms with Crippen molar-refractivity contribution in [3.63, 3.8) is 0 Å². The molecule has 0 spiro atoms. The molecule has 16 heteroatoms. The van der Waals surface area contributed by atoms with Gasteiger partial charge >= 0.3 is 6.18 Å². The number of hydrogen-bond donors (Lipinski definition) is 4. The molecule has 1 saturated heterocycles. The minimum atomic E-state index is -4.71. The van der Waals surface area contributed by atoms with Gasteiger partial charge in [-0.05, 0) is 83.9 Å². The number of nitrogens with zero attached hydrogens (tertiary/aromatic N) is 2. The molecule has 0 aromatic heterocycles. The normalized spacial score (nSPS) is 23.0. The maximum absolute atomic E-state index is 14.9. The van der Waals surface area contributed by atoms with Crippen molar-refractivity contribution in [2.75, 3.05) is 33.2 Å². The first-order chi connectivity index (χ1) is 31.9. The zero-order chi connectivity index (χ0) is 48.3. The smallest absolute Gasteiger partial charge is 0.352 e. The van der Waals surface area contributed by atoms with E-state index in [9.17, 15) is 46.7 Å². The maximum Gasteiger partial charge on any atom is 0.406 e. The molecular formula is C51H57F3N6O7. The summed E-state index contributed by atoms with van der Waals surface area (Å²) in [5.41, 5.74) is 4.21. The highest BCUT2D eigenvalue weighted by Crippen LogP contribution is 2.36. The van der Waals surface area contributed by atoms with Crippen molar-refractivity contribution in [2.24, 2.45) is 11.3 Å². The highest BCUT2D eigenvalue weighted by atomic mass is 19.4. The van der Waals surface area contributed by atoms with E-state index < -0.39 is 65.7 Å². The van der Waals surface area contributed by atoms with Crippen LogP contribution in [0.25, 0.3) is 5.57 Å². The summed E-state index contributed by atoms with van der Waals surface area (Å²) in [6.07, 6.45) is 2.40. The van der Waals surface area contributed by atoms with Crippen molar-refractivity contribution in [3.05, 3.63) is 137 Å². The third kappa shape index (κ3) is 13.6. The van der Waals surface area contributed by atoms with E-state index in [1.165, 1.54) is 4.90 Å². The number of amides is 6. The molecule has 3 aliphatic rings. The Balaban J connectivity index is 1.33. The Hall–Kier alpha value is -6.84. The first-order valence-electron chi connectivity index (χ1n) is 22.5. The number of fused-ring (bicyclic) bond motifs is 3. The van der Waals surface area contributed by atoms with Crippen LogP contribution in [0.4, 0.5) is 13.2 Å². The standard InChI is InChI=1S/C51H57F3N6O7/c1-33-26-38(34(2)61)18-19-41(33)37-16-14-35(15-17-37)27-43-47(65)56-30-40-13-8-7-12-39(40)28-45(63)57-42(48(66)59(3)32-51(52,53)54)22-24-55-44(62)20-21-46(64)60-25-9-23-50(31-60,49(67)58-43)29-36-10-5-4-6-11-36/h4-8,10-21,33,42-43H,9,22-32H2,1-3H3,(H,55,62)(H,56,65)(H,57,63)(H,58,67)/b21-20+/t33?,42-,43-,50-/m0/s1. The zero-order valence-electron chi connectivity index (χ0n) is 37.9. The topological polar surface area (TPSA) is 174 Å². The molecule has 13 nitrogen and oxygen atoms in total. The Kier molecular flexibility index (Phi) is 16.4. The van der Waals surface area contributed by atoms with Crippen LogP contribution in [-0.4, -0.2) is 103 Å². The summed E-state index contributed by atoms with van der Waals surface area (Å²) in [4.78, 5) is 96.8. The third-order valence-corrected chi connectivity index (χ3v) is 12.5. The zero-order valence-corrected chi connectivity index (χ0v) is 37.9. The van der Waals surface area contributed by atoms with Crippen LogP contribution in [0.15, 0.2) is 109 Å². The maximum atomic E-state index is 14.9. The van der Waals surface area contributed by atoms with Crippen molar-refractivity contribution in [1.29, 1.82) is 0 Å². The summed E-state index contributed by atoms with van der Waals surface area (Å²) < 4.78 is 39.9. The molecule has 4 N–H and O–H groups in total. The van der Waals surface area contributed by atoms with Gasteiger partial charge in [-0.1, -0.05) is 97.9 Å². The van der Waals surface area contributed by atoms with Crippen LogP contribution in [0.2, 0.25) is 0 Å². The minimum Gasteiger partial charge on any atom is -0.352 e. The summed E-state index contributed by atoms with van der Waals surface area (Å²) in [6, 6.07) is 21.2. The summed E-state index contributed by atoms with van der Waals surface area (Å²) in [7, 11) is 0.967. The Morgan fingerprint density at radius 3 is 2.24 bits per heavy atom. The molecule has 6 rings (SSSR count). The van der Waals surface area contributed by atoms with Crippen molar-refractivity contribution in [2.45, 2.75) is 83.6 Å². The second kappa shape index (κ2) is 22.1. The van der Waals surface area contributed by atoms with Gasteiger partial charge in [0.05, 0.1) is 11.8 Å². The number of ketones is 1. The second-order valence-electron chi connectivity index (χ2n) is 17.7. The van der Waals surface area contributed by atoms with Crippen LogP contribution in [0, 0.1) is 11.3 Å². The van der Waals surface area contributed by atoms with Gasteiger partial charge in [-0.25, -0.2) is 0 Å². The van der Waals surface area contributed by atoms with Gasteiger partial charge in [0.25, 0.3) is 0 Å². The lowest BCUT2D eigenvalue weighted by Crippen LogP contribution is -2.58. The van der Waals surface area contributed by atoms with E-state index in [1.807, 2.05) is 66.7 Å². The number of allylic oxidation sites excluding steroid dienone is 4. The number of rotatable bonds is 8. The summed E-state index contributed by atoms with van der Waals surface area (Å²) in [6.45, 7) is 2.03. The molecule has 2 aliphatic heterocycles. The average molecular weight is 923 g/mol. The molecule has 1 fully saturated rings. The fourth-order valence-electron chi connectivity index (χ4n) is 8.96. The Morgan fingerprint density at radius 2 is 1.55 bits per heavy atom. The van der Waals surface area contributed by atoms with E-state index in [2.05, 4.69) is 28.2 Å². The monoisotopic (exact) mass is 922 g/mol. The lowest BCUT2D eigenvalue weighted by Gasteiger charge is -2.42. The lowest BCUT2D eigenvalue weighted by atomic mass is 9.74. The molecule has 6 amide bonds. The molecule has 4 atom stereocenters. The number of carbonyl (C=O) groups is 7. The minimum absolute atomic E-state index is 0.0169. The van der Waals surface area contributed by atoms with Gasteiger partial charge in [0.15, 0.2) is 5.78 Å². The molecule has 0 radical (unpaired) electrons. The summed E-state index contributed by atoms with van der Waals surface area (Å²) in [5.74, 6) is -3.78. The van der Waals surface area contributed by atoms with Gasteiger partial charge < -0.3 is 31.1 Å². The van der Waals surface area contributed by atoms with Gasteiger partial charge in [-0.2, -0.15) is 13.2 Å². The highest BCUT2D eigenvalue weighted by Gasteiger charge is 2.44. The number of nitrogens with one attached hydrogen (secondary N) is 4. The van der Waals surface area contributed by atoms with Crippen LogP contribution < -0.4 is 21.3 Å². The number of likely N-dealkylation sites (N-methyl/N-ethyl adjacent to an activating group) is 1. The largest absolute Gasteiger partial charge is 0.406 e. The third-order valence-electron chi connectivity index (χ3n) is 12.5. The predicted molar refractivity (Wildman–Crippen MR) is 245 cm³/mol. The molecular weight excluding hydrogens is 866 g/mol. The van der Waals surface area contributed by atoms with E-state index in [0.717, 1.165) is 47.0 Å². The van der Waals surface area contributed by atoms with Crippen molar-refractivity contribution >= 4 is 46.8 Å². The van der Waals surface area contributed by atoms with E-state index in [0.29, 0.717) is 41.8 Å². The van der Waals surface area contributed by atoms with Crippen molar-refractivity contribution < 1.29 is 46.7 Å². The highest BCUT2D eigenvalue weighted by molar-refractivity contribution is 5.98. The predicted octanol–water partition coefficient (Wildman–Crippen LogP) is 4.94. The lowest BCUT2D eigenvalue weighted by molar-refractivity contribution is -0.160. The Bertz CT molecular complexity index is 2430. The van der Waals surface area contributed by atoms with Crippen molar-refractivity contribution in [1.82, 2.24) is 31.1 Å². The number of piperidine rings is 1. The molecule has 3 aromatic carbocycles. The van der Waals surface area contributed by atoms with Gasteiger partial charge in [-0.3, -0.25) is 33.6 Å². The van der Waals surface area contributed by atoms with E-state index in [4.69, 9.17) is 0 Å². The van der Waals surface area contributed by atoms with E-state index >= 15 is 0 Å². The van der Waals surface area contributed by atoms with E-state index in [1.54, 1.807) is 31.2 Å². The molecule has 1 unspecified atom stereocenters. The molecule has 1 aliphatic carbocycles. The van der Waals surface area contributed by atoms with Gasteiger partial charge in [0.2, 0.25) is 35.4 Å². The van der Waals surface area contributed by atoms with Crippen LogP contribution in [0.1, 0.15) is 67.3 Å². The van der Waals surface area contributed by atoms with Gasteiger partial charge in [0, 0.05) is 51.8 Å².